The van der Waals surface area contributed by atoms with Crippen molar-refractivity contribution in [3.8, 4) is 0 Å². The van der Waals surface area contributed by atoms with Crippen molar-refractivity contribution in [1.29, 1.82) is 0 Å². The number of rotatable bonds is 6. The van der Waals surface area contributed by atoms with Crippen LogP contribution in [0.25, 0.3) is 0 Å². The van der Waals surface area contributed by atoms with Crippen LogP contribution < -0.4 is 0 Å². The molecule has 8 heteroatoms. The van der Waals surface area contributed by atoms with Gasteiger partial charge in [-0.15, -0.1) is 0 Å². The first-order chi connectivity index (χ1) is 11.7. The van der Waals surface area contributed by atoms with E-state index in [0.29, 0.717) is 0 Å². The number of carbonyl (C=O) groups excluding carboxylic acids is 8. The summed E-state index contributed by atoms with van der Waals surface area (Å²) in [6, 6.07) is 0. The van der Waals surface area contributed by atoms with Crippen molar-refractivity contribution in [2.24, 2.45) is 16.2 Å². The van der Waals surface area contributed by atoms with Crippen LogP contribution in [0.3, 0.4) is 0 Å². The van der Waals surface area contributed by atoms with Gasteiger partial charge in [-0.25, -0.2) is 0 Å². The predicted molar refractivity (Wildman–Crippen MR) is 86.0 cm³/mol. The van der Waals surface area contributed by atoms with Gasteiger partial charge in [0.2, 0.25) is 0 Å². The van der Waals surface area contributed by atoms with Crippen LogP contribution in [0.1, 0.15) is 48.0 Å². The summed E-state index contributed by atoms with van der Waals surface area (Å²) >= 11 is 0. The van der Waals surface area contributed by atoms with Crippen molar-refractivity contribution in [1.82, 2.24) is 0 Å². The lowest BCUT2D eigenvalue weighted by Crippen LogP contribution is -2.74. The van der Waals surface area contributed by atoms with E-state index in [1.165, 1.54) is 0 Å². The van der Waals surface area contributed by atoms with Crippen LogP contribution >= 0.6 is 0 Å². The summed E-state index contributed by atoms with van der Waals surface area (Å²) in [5.74, 6) is -9.58. The molecule has 1 fully saturated rings. The van der Waals surface area contributed by atoms with Gasteiger partial charge >= 0.3 is 0 Å². The summed E-state index contributed by atoms with van der Waals surface area (Å²) in [5.41, 5.74) is -8.50. The zero-order valence-electron chi connectivity index (χ0n) is 15.5. The number of carbonyl (C=O) groups is 8. The highest BCUT2D eigenvalue weighted by atomic mass is 16.2. The summed E-state index contributed by atoms with van der Waals surface area (Å²) in [4.78, 5) is 101. The van der Waals surface area contributed by atoms with Crippen LogP contribution in [0.5, 0.6) is 0 Å². The minimum atomic E-state index is -3.04. The van der Waals surface area contributed by atoms with E-state index in [1.807, 2.05) is 0 Å². The molecule has 8 nitrogen and oxygen atoms in total. The van der Waals surface area contributed by atoms with Crippen molar-refractivity contribution >= 4 is 46.3 Å². The lowest BCUT2D eigenvalue weighted by molar-refractivity contribution is -0.183. The maximum Gasteiger partial charge on any atom is 0.177 e. The van der Waals surface area contributed by atoms with Gasteiger partial charge in [-0.2, -0.15) is 0 Å². The fourth-order valence-corrected chi connectivity index (χ4v) is 4.23. The Kier molecular flexibility index (Phi) is 5.16. The molecule has 0 aromatic carbocycles. The quantitative estimate of drug-likeness (QED) is 0.602. The largest absolute Gasteiger partial charge is 0.298 e. The van der Waals surface area contributed by atoms with Crippen LogP contribution in [0, 0.1) is 16.2 Å². The molecule has 0 amide bonds. The Morgan fingerprint density at radius 1 is 0.577 bits per heavy atom. The Hall–Kier alpha value is -2.64. The zero-order valence-corrected chi connectivity index (χ0v) is 15.5. The van der Waals surface area contributed by atoms with Gasteiger partial charge in [0.25, 0.3) is 0 Å². The molecule has 0 unspecified atom stereocenters. The Morgan fingerprint density at radius 2 is 0.885 bits per heavy atom. The highest BCUT2D eigenvalue weighted by Gasteiger charge is 2.79. The number of ketones is 8. The highest BCUT2D eigenvalue weighted by molar-refractivity contribution is 6.46. The summed E-state index contributed by atoms with van der Waals surface area (Å²) in [7, 11) is 0. The third-order valence-electron chi connectivity index (χ3n) is 5.45. The first kappa shape index (κ1) is 21.4. The van der Waals surface area contributed by atoms with Gasteiger partial charge < -0.3 is 0 Å². The third kappa shape index (κ3) is 2.07. The van der Waals surface area contributed by atoms with Gasteiger partial charge in [0.15, 0.2) is 62.5 Å². The van der Waals surface area contributed by atoms with Crippen LogP contribution in [0.15, 0.2) is 0 Å². The van der Waals surface area contributed by atoms with E-state index in [2.05, 4.69) is 0 Å². The lowest BCUT2D eigenvalue weighted by Gasteiger charge is -2.50. The molecule has 1 aliphatic carbocycles. The molecule has 0 radical (unpaired) electrons. The fraction of sp³-hybridized carbons (Fsp3) is 0.556. The SMILES string of the molecule is CC(=O)C1(C(C)=O)CC(=O)C(C(C)=O)(C(C)=O)C(C(C)=O)(C(C)=O)C1=O. The van der Waals surface area contributed by atoms with Gasteiger partial charge in [-0.3, -0.25) is 38.4 Å². The van der Waals surface area contributed by atoms with Crippen LogP contribution in [-0.4, -0.2) is 46.3 Å². The van der Waals surface area contributed by atoms with Crippen molar-refractivity contribution in [2.75, 3.05) is 0 Å². The first-order valence-corrected chi connectivity index (χ1v) is 7.84. The van der Waals surface area contributed by atoms with Gasteiger partial charge in [0, 0.05) is 6.42 Å². The number of hydrogen-bond donors (Lipinski definition) is 0. The molecule has 26 heavy (non-hydrogen) atoms. The molecule has 1 aliphatic rings. The minimum absolute atomic E-state index is 0.781. The van der Waals surface area contributed by atoms with Crippen molar-refractivity contribution in [2.45, 2.75) is 48.0 Å². The van der Waals surface area contributed by atoms with Crippen molar-refractivity contribution < 1.29 is 38.4 Å². The smallest absolute Gasteiger partial charge is 0.177 e. The Labute approximate surface area is 149 Å². The van der Waals surface area contributed by atoms with Gasteiger partial charge in [0.05, 0.1) is 0 Å². The molecular formula is C18H20O8. The van der Waals surface area contributed by atoms with E-state index in [4.69, 9.17) is 0 Å². The van der Waals surface area contributed by atoms with Crippen LogP contribution in [-0.2, 0) is 38.4 Å². The number of Topliss-reactive ketones (excluding diaryl/α,β-unsaturated/α-hetero) is 8. The van der Waals surface area contributed by atoms with E-state index in [9.17, 15) is 38.4 Å². The summed E-state index contributed by atoms with van der Waals surface area (Å²) in [5, 5.41) is 0. The second-order valence-electron chi connectivity index (χ2n) is 6.67. The summed E-state index contributed by atoms with van der Waals surface area (Å²) in [6.07, 6.45) is -1.04. The van der Waals surface area contributed by atoms with E-state index in [-0.39, 0.29) is 0 Å². The molecule has 1 rings (SSSR count). The molecule has 0 heterocycles. The molecule has 0 bridgehead atoms. The number of hydrogen-bond acceptors (Lipinski definition) is 8. The topological polar surface area (TPSA) is 137 Å². The Morgan fingerprint density at radius 3 is 1.12 bits per heavy atom. The second-order valence-corrected chi connectivity index (χ2v) is 6.67. The standard InChI is InChI=1S/C18H20O8/c1-8(19)16(9(2)20)7-14(25)17(10(3)21,11(4)22)18(12(5)23,13(6)24)15(16)26/h7H2,1-6H3. The maximum absolute atomic E-state index is 13.4. The maximum atomic E-state index is 13.4. The molecule has 140 valence electrons. The zero-order chi connectivity index (χ0) is 20.8. The molecule has 0 aromatic rings. The highest BCUT2D eigenvalue weighted by Crippen LogP contribution is 2.55. The van der Waals surface area contributed by atoms with E-state index in [1.54, 1.807) is 0 Å². The molecule has 0 N–H and O–H groups in total. The average molecular weight is 364 g/mol. The monoisotopic (exact) mass is 364 g/mol. The Balaban J connectivity index is 4.29. The fourth-order valence-electron chi connectivity index (χ4n) is 4.23. The molecule has 0 aliphatic heterocycles. The van der Waals surface area contributed by atoms with Gasteiger partial charge in [-0.05, 0) is 41.5 Å². The third-order valence-corrected chi connectivity index (χ3v) is 5.45. The summed E-state index contributed by atoms with van der Waals surface area (Å²) in [6.45, 7) is 4.97. The molecule has 0 spiro atoms. The molecule has 1 saturated carbocycles. The molecule has 0 saturated heterocycles. The molecular weight excluding hydrogens is 344 g/mol. The Bertz CT molecular complexity index is 756. The summed E-state index contributed by atoms with van der Waals surface area (Å²) < 4.78 is 0. The van der Waals surface area contributed by atoms with E-state index >= 15 is 0 Å². The van der Waals surface area contributed by atoms with Crippen molar-refractivity contribution in [3.05, 3.63) is 0 Å². The van der Waals surface area contributed by atoms with E-state index in [0.717, 1.165) is 41.5 Å². The van der Waals surface area contributed by atoms with Crippen LogP contribution in [0.2, 0.25) is 0 Å². The molecule has 0 aromatic heterocycles. The molecule has 0 atom stereocenters. The van der Waals surface area contributed by atoms with Crippen LogP contribution in [0.4, 0.5) is 0 Å². The predicted octanol–water partition coefficient (Wildman–Crippen LogP) is 0.0215. The van der Waals surface area contributed by atoms with Gasteiger partial charge in [0.1, 0.15) is 0 Å². The van der Waals surface area contributed by atoms with Gasteiger partial charge in [-0.1, -0.05) is 0 Å². The second kappa shape index (κ2) is 6.26. The van der Waals surface area contributed by atoms with E-state index < -0.39 is 68.9 Å². The first-order valence-electron chi connectivity index (χ1n) is 7.84. The average Bonchev–Trinajstić information content (AvgIpc) is 2.46. The van der Waals surface area contributed by atoms with Crippen molar-refractivity contribution in [3.63, 3.8) is 0 Å². The minimum Gasteiger partial charge on any atom is -0.298 e. The lowest BCUT2D eigenvalue weighted by atomic mass is 9.42. The normalized spacial score (nSPS) is 20.2.